The van der Waals surface area contributed by atoms with Crippen LogP contribution in [0.4, 0.5) is 0 Å². The monoisotopic (exact) mass is 313 g/mol. The third kappa shape index (κ3) is 4.03. The van der Waals surface area contributed by atoms with Gasteiger partial charge < -0.3 is 9.84 Å². The summed E-state index contributed by atoms with van der Waals surface area (Å²) in [7, 11) is -3.56. The summed E-state index contributed by atoms with van der Waals surface area (Å²) in [6.07, 6.45) is 1.96. The number of aliphatic hydroxyl groups excluding tert-OH is 1. The second-order valence-electron chi connectivity index (χ2n) is 5.63. The van der Waals surface area contributed by atoms with E-state index < -0.39 is 10.0 Å². The van der Waals surface area contributed by atoms with Crippen LogP contribution in [0.15, 0.2) is 17.0 Å². The van der Waals surface area contributed by atoms with E-state index in [2.05, 4.69) is 4.72 Å². The minimum absolute atomic E-state index is 0.167. The van der Waals surface area contributed by atoms with E-state index in [4.69, 9.17) is 4.74 Å². The van der Waals surface area contributed by atoms with Crippen LogP contribution in [-0.4, -0.2) is 33.3 Å². The lowest BCUT2D eigenvalue weighted by molar-refractivity contribution is 0.0568. The van der Waals surface area contributed by atoms with Crippen molar-refractivity contribution in [1.29, 1.82) is 0 Å². The maximum atomic E-state index is 12.5. The largest absolute Gasteiger partial charge is 0.392 e. The van der Waals surface area contributed by atoms with Gasteiger partial charge in [-0.25, -0.2) is 13.1 Å². The lowest BCUT2D eigenvalue weighted by Crippen LogP contribution is -2.33. The van der Waals surface area contributed by atoms with Gasteiger partial charge in [-0.2, -0.15) is 0 Å². The van der Waals surface area contributed by atoms with Gasteiger partial charge in [0.15, 0.2) is 0 Å². The van der Waals surface area contributed by atoms with E-state index in [0.717, 1.165) is 30.6 Å². The highest BCUT2D eigenvalue weighted by atomic mass is 32.2. The Morgan fingerprint density at radius 3 is 2.76 bits per heavy atom. The number of hydrogen-bond donors (Lipinski definition) is 2. The molecule has 0 bridgehead atoms. The first-order valence-corrected chi connectivity index (χ1v) is 8.70. The van der Waals surface area contributed by atoms with Crippen molar-refractivity contribution in [3.63, 3.8) is 0 Å². The van der Waals surface area contributed by atoms with Crippen LogP contribution in [0.25, 0.3) is 0 Å². The number of aryl methyl sites for hydroxylation is 1. The van der Waals surface area contributed by atoms with E-state index in [9.17, 15) is 13.5 Å². The SMILES string of the molecule is Cc1cc(CO)cc(S(=O)(=O)NCC2CCCOC2)c1C. The fraction of sp³-hybridized carbons (Fsp3) is 0.600. The molecule has 21 heavy (non-hydrogen) atoms. The molecule has 1 aliphatic rings. The van der Waals surface area contributed by atoms with E-state index in [1.54, 1.807) is 13.0 Å². The lowest BCUT2D eigenvalue weighted by Gasteiger charge is -2.22. The van der Waals surface area contributed by atoms with Crippen molar-refractivity contribution in [2.45, 2.75) is 38.2 Å². The van der Waals surface area contributed by atoms with Crippen molar-refractivity contribution in [3.8, 4) is 0 Å². The zero-order valence-electron chi connectivity index (χ0n) is 12.6. The molecule has 1 atom stereocenters. The van der Waals surface area contributed by atoms with Gasteiger partial charge in [0, 0.05) is 13.2 Å². The lowest BCUT2D eigenvalue weighted by atomic mass is 10.0. The Bertz CT molecular complexity index is 592. The Morgan fingerprint density at radius 1 is 1.38 bits per heavy atom. The predicted molar refractivity (Wildman–Crippen MR) is 80.6 cm³/mol. The van der Waals surface area contributed by atoms with Gasteiger partial charge >= 0.3 is 0 Å². The molecule has 1 saturated heterocycles. The van der Waals surface area contributed by atoms with Crippen LogP contribution < -0.4 is 4.72 Å². The molecule has 1 unspecified atom stereocenters. The molecule has 1 aliphatic heterocycles. The van der Waals surface area contributed by atoms with Crippen LogP contribution in [0.2, 0.25) is 0 Å². The number of sulfonamides is 1. The van der Waals surface area contributed by atoms with Gasteiger partial charge in [-0.3, -0.25) is 0 Å². The Morgan fingerprint density at radius 2 is 2.14 bits per heavy atom. The summed E-state index contributed by atoms with van der Waals surface area (Å²) < 4.78 is 33.0. The first kappa shape index (κ1) is 16.4. The van der Waals surface area contributed by atoms with Gasteiger partial charge in [-0.1, -0.05) is 6.07 Å². The number of rotatable bonds is 5. The van der Waals surface area contributed by atoms with Gasteiger partial charge in [-0.15, -0.1) is 0 Å². The molecule has 1 aromatic rings. The fourth-order valence-electron chi connectivity index (χ4n) is 2.54. The summed E-state index contributed by atoms with van der Waals surface area (Å²) in [5.41, 5.74) is 2.20. The van der Waals surface area contributed by atoms with Gasteiger partial charge in [0.05, 0.1) is 18.1 Å². The predicted octanol–water partition coefficient (Wildman–Crippen LogP) is 1.50. The Hall–Kier alpha value is -0.950. The molecule has 2 N–H and O–H groups in total. The highest BCUT2D eigenvalue weighted by Gasteiger charge is 2.21. The molecule has 5 nitrogen and oxygen atoms in total. The van der Waals surface area contributed by atoms with Crippen molar-refractivity contribution < 1.29 is 18.3 Å². The van der Waals surface area contributed by atoms with Crippen molar-refractivity contribution in [3.05, 3.63) is 28.8 Å². The maximum absolute atomic E-state index is 12.5. The number of nitrogens with one attached hydrogen (secondary N) is 1. The molecule has 0 spiro atoms. The average molecular weight is 313 g/mol. The molecule has 0 aromatic heterocycles. The molecule has 118 valence electrons. The third-order valence-corrected chi connectivity index (χ3v) is 5.52. The number of benzene rings is 1. The van der Waals surface area contributed by atoms with Crippen LogP contribution in [0.1, 0.15) is 29.5 Å². The van der Waals surface area contributed by atoms with Crippen molar-refractivity contribution in [1.82, 2.24) is 4.72 Å². The molecule has 0 aliphatic carbocycles. The van der Waals surface area contributed by atoms with Crippen molar-refractivity contribution in [2.75, 3.05) is 19.8 Å². The van der Waals surface area contributed by atoms with E-state index >= 15 is 0 Å². The van der Waals surface area contributed by atoms with Crippen LogP contribution >= 0.6 is 0 Å². The van der Waals surface area contributed by atoms with Crippen LogP contribution in [0.3, 0.4) is 0 Å². The summed E-state index contributed by atoms with van der Waals surface area (Å²) in [6, 6.07) is 3.35. The smallest absolute Gasteiger partial charge is 0.240 e. The van der Waals surface area contributed by atoms with E-state index in [0.29, 0.717) is 18.7 Å². The second kappa shape index (κ2) is 6.87. The van der Waals surface area contributed by atoms with Crippen LogP contribution in [0, 0.1) is 19.8 Å². The Balaban J connectivity index is 2.16. The first-order chi connectivity index (χ1) is 9.94. The van der Waals surface area contributed by atoms with Crippen LogP contribution in [0.5, 0.6) is 0 Å². The molecular weight excluding hydrogens is 290 g/mol. The summed E-state index contributed by atoms with van der Waals surface area (Å²) in [6.45, 7) is 5.23. The Labute approximate surface area is 126 Å². The average Bonchev–Trinajstić information content (AvgIpc) is 2.48. The molecule has 1 heterocycles. The van der Waals surface area contributed by atoms with Gasteiger partial charge in [0.25, 0.3) is 0 Å². The minimum Gasteiger partial charge on any atom is -0.392 e. The zero-order valence-corrected chi connectivity index (χ0v) is 13.4. The number of hydrogen-bond acceptors (Lipinski definition) is 4. The third-order valence-electron chi connectivity index (χ3n) is 3.97. The van der Waals surface area contributed by atoms with E-state index in [1.807, 2.05) is 13.0 Å². The van der Waals surface area contributed by atoms with Crippen molar-refractivity contribution in [2.24, 2.45) is 5.92 Å². The maximum Gasteiger partial charge on any atom is 0.240 e. The molecule has 6 heteroatoms. The van der Waals surface area contributed by atoms with Gasteiger partial charge in [0.1, 0.15) is 0 Å². The highest BCUT2D eigenvalue weighted by Crippen LogP contribution is 2.22. The zero-order chi connectivity index (χ0) is 15.5. The number of aliphatic hydroxyl groups is 1. The van der Waals surface area contributed by atoms with Gasteiger partial charge in [0.2, 0.25) is 10.0 Å². The second-order valence-corrected chi connectivity index (χ2v) is 7.36. The molecule has 2 rings (SSSR count). The Kier molecular flexibility index (Phi) is 5.37. The standard InChI is InChI=1S/C15H23NO4S/c1-11-6-14(9-17)7-15(12(11)2)21(18,19)16-8-13-4-3-5-20-10-13/h6-7,13,16-17H,3-5,8-10H2,1-2H3. The quantitative estimate of drug-likeness (QED) is 0.864. The molecule has 0 radical (unpaired) electrons. The highest BCUT2D eigenvalue weighted by molar-refractivity contribution is 7.89. The van der Waals surface area contributed by atoms with Crippen molar-refractivity contribution >= 4 is 10.0 Å². The summed E-state index contributed by atoms with van der Waals surface area (Å²) >= 11 is 0. The molecule has 1 fully saturated rings. The van der Waals surface area contributed by atoms with E-state index in [-0.39, 0.29) is 17.4 Å². The summed E-state index contributed by atoms with van der Waals surface area (Å²) in [5.74, 6) is 0.232. The summed E-state index contributed by atoms with van der Waals surface area (Å²) in [4.78, 5) is 0.253. The molecular formula is C15H23NO4S. The fourth-order valence-corrected chi connectivity index (χ4v) is 4.02. The minimum atomic E-state index is -3.56. The van der Waals surface area contributed by atoms with Gasteiger partial charge in [-0.05, 0) is 55.4 Å². The molecule has 1 aromatic carbocycles. The number of ether oxygens (including phenoxy) is 1. The molecule has 0 saturated carbocycles. The van der Waals surface area contributed by atoms with Crippen LogP contribution in [-0.2, 0) is 21.4 Å². The normalized spacial score (nSPS) is 19.7. The topological polar surface area (TPSA) is 75.6 Å². The molecule has 0 amide bonds. The first-order valence-electron chi connectivity index (χ1n) is 7.22. The van der Waals surface area contributed by atoms with E-state index in [1.165, 1.54) is 0 Å². The summed E-state index contributed by atoms with van der Waals surface area (Å²) in [5, 5.41) is 9.25.